The summed E-state index contributed by atoms with van der Waals surface area (Å²) < 4.78 is 6.44. The average molecular weight is 450 g/mol. The van der Waals surface area contributed by atoms with Crippen molar-refractivity contribution < 1.29 is 14.3 Å². The van der Waals surface area contributed by atoms with E-state index < -0.39 is 0 Å². The first-order chi connectivity index (χ1) is 13.0. The van der Waals surface area contributed by atoms with Crippen molar-refractivity contribution in [2.75, 3.05) is 18.1 Å². The first kappa shape index (κ1) is 20.3. The van der Waals surface area contributed by atoms with Crippen LogP contribution in [0.5, 0.6) is 0 Å². The summed E-state index contributed by atoms with van der Waals surface area (Å²) in [7, 11) is 0. The molecule has 0 aromatic heterocycles. The number of carbonyl (C=O) groups excluding carboxylic acids is 2. The van der Waals surface area contributed by atoms with Gasteiger partial charge in [-0.25, -0.2) is 4.79 Å². The number of benzene rings is 1. The summed E-state index contributed by atoms with van der Waals surface area (Å²) in [4.78, 5) is 30.4. The van der Waals surface area contributed by atoms with Crippen molar-refractivity contribution in [1.82, 2.24) is 0 Å². The third-order valence-electron chi connectivity index (χ3n) is 5.03. The van der Waals surface area contributed by atoms with Crippen LogP contribution in [0.2, 0.25) is 0 Å². The molecule has 0 bridgehead atoms. The summed E-state index contributed by atoms with van der Waals surface area (Å²) in [6.07, 6.45) is 2.18. The predicted octanol–water partition coefficient (Wildman–Crippen LogP) is 4.93. The maximum atomic E-state index is 13.0. The molecule has 2 aliphatic rings. The molecule has 0 saturated heterocycles. The van der Waals surface area contributed by atoms with Crippen LogP contribution in [0.3, 0.4) is 0 Å². The summed E-state index contributed by atoms with van der Waals surface area (Å²) in [6, 6.07) is 7.80. The highest BCUT2D eigenvalue weighted by atomic mass is 79.9. The van der Waals surface area contributed by atoms with Crippen molar-refractivity contribution in [1.29, 1.82) is 0 Å². The zero-order valence-electron chi connectivity index (χ0n) is 15.7. The number of fused-ring (bicyclic) bond motifs is 1. The molecular weight excluding hydrogens is 426 g/mol. The molecule has 6 heteroatoms. The van der Waals surface area contributed by atoms with E-state index in [1.165, 1.54) is 0 Å². The van der Waals surface area contributed by atoms with Gasteiger partial charge in [-0.3, -0.25) is 9.79 Å². The third kappa shape index (κ3) is 4.37. The first-order valence-corrected chi connectivity index (χ1v) is 11.3. The Balaban J connectivity index is 2.01. The Morgan fingerprint density at radius 2 is 2.07 bits per heavy atom. The molecule has 144 valence electrons. The Kier molecular flexibility index (Phi) is 6.93. The second-order valence-electron chi connectivity index (χ2n) is 6.73. The van der Waals surface area contributed by atoms with Gasteiger partial charge in [0.05, 0.1) is 11.5 Å². The fourth-order valence-electron chi connectivity index (χ4n) is 3.86. The Labute approximate surface area is 173 Å². The molecule has 0 amide bonds. The van der Waals surface area contributed by atoms with Crippen molar-refractivity contribution in [3.05, 3.63) is 45.6 Å². The number of esters is 1. The minimum Gasteiger partial charge on any atom is -0.461 e. The van der Waals surface area contributed by atoms with E-state index in [2.05, 4.69) is 27.8 Å². The molecule has 27 heavy (non-hydrogen) atoms. The largest absolute Gasteiger partial charge is 0.461 e. The van der Waals surface area contributed by atoms with Gasteiger partial charge >= 0.3 is 5.97 Å². The van der Waals surface area contributed by atoms with E-state index in [9.17, 15) is 9.59 Å². The van der Waals surface area contributed by atoms with Gasteiger partial charge in [0.1, 0.15) is 12.4 Å². The fraction of sp³-hybridized carbons (Fsp3) is 0.476. The monoisotopic (exact) mass is 449 g/mol. The maximum absolute atomic E-state index is 13.0. The van der Waals surface area contributed by atoms with Crippen molar-refractivity contribution in [2.45, 2.75) is 39.0 Å². The van der Waals surface area contributed by atoms with E-state index >= 15 is 0 Å². The number of halogens is 1. The highest BCUT2D eigenvalue weighted by molar-refractivity contribution is 9.10. The number of ketones is 1. The summed E-state index contributed by atoms with van der Waals surface area (Å²) in [5, 5.41) is 0. The zero-order valence-corrected chi connectivity index (χ0v) is 18.1. The van der Waals surface area contributed by atoms with E-state index in [0.29, 0.717) is 24.3 Å². The minimum atomic E-state index is -0.367. The second kappa shape index (κ2) is 9.20. The van der Waals surface area contributed by atoms with Crippen LogP contribution in [0.1, 0.15) is 44.6 Å². The quantitative estimate of drug-likeness (QED) is 0.456. The van der Waals surface area contributed by atoms with E-state index in [1.54, 1.807) is 11.8 Å². The third-order valence-corrected chi connectivity index (χ3v) is 6.62. The van der Waals surface area contributed by atoms with E-state index in [0.717, 1.165) is 40.1 Å². The number of aliphatic imine (C=N–C) groups is 1. The molecule has 0 spiro atoms. The van der Waals surface area contributed by atoms with Crippen LogP contribution in [0.15, 0.2) is 45.0 Å². The molecule has 4 nitrogen and oxygen atoms in total. The summed E-state index contributed by atoms with van der Waals surface area (Å²) >= 11 is 5.34. The van der Waals surface area contributed by atoms with Crippen LogP contribution in [-0.2, 0) is 14.3 Å². The molecule has 1 aliphatic carbocycles. The van der Waals surface area contributed by atoms with Crippen molar-refractivity contribution in [3.8, 4) is 0 Å². The number of allylic oxidation sites excluding steroid dienone is 1. The van der Waals surface area contributed by atoms with Gasteiger partial charge in [0.25, 0.3) is 0 Å². The molecule has 1 aromatic rings. The zero-order chi connectivity index (χ0) is 19.4. The molecule has 1 aromatic carbocycles. The van der Waals surface area contributed by atoms with Crippen LogP contribution in [0.4, 0.5) is 0 Å². The van der Waals surface area contributed by atoms with Gasteiger partial charge in [0.15, 0.2) is 0 Å². The average Bonchev–Trinajstić information content (AvgIpc) is 2.65. The molecule has 1 heterocycles. The molecule has 3 rings (SSSR count). The number of hydrogen-bond acceptors (Lipinski definition) is 5. The van der Waals surface area contributed by atoms with Crippen LogP contribution in [0.25, 0.3) is 0 Å². The summed E-state index contributed by atoms with van der Waals surface area (Å²) in [6.45, 7) is 4.30. The highest BCUT2D eigenvalue weighted by Crippen LogP contribution is 2.45. The Bertz CT molecular complexity index is 802. The Hall–Kier alpha value is -1.40. The minimum absolute atomic E-state index is 0.167. The number of ether oxygens (including phenoxy) is 1. The van der Waals surface area contributed by atoms with E-state index in [-0.39, 0.29) is 23.6 Å². The van der Waals surface area contributed by atoms with Gasteiger partial charge in [-0.1, -0.05) is 41.1 Å². The van der Waals surface area contributed by atoms with Crippen LogP contribution >= 0.6 is 27.7 Å². The topological polar surface area (TPSA) is 55.7 Å². The lowest BCUT2D eigenvalue weighted by atomic mass is 9.69. The highest BCUT2D eigenvalue weighted by Gasteiger charge is 2.44. The smallest absolute Gasteiger partial charge is 0.336 e. The lowest BCUT2D eigenvalue weighted by molar-refractivity contribution is -0.139. The van der Waals surface area contributed by atoms with Gasteiger partial charge in [-0.2, -0.15) is 11.8 Å². The van der Waals surface area contributed by atoms with Crippen molar-refractivity contribution >= 4 is 45.2 Å². The number of rotatable bonds is 6. The van der Waals surface area contributed by atoms with Crippen LogP contribution in [0, 0.1) is 5.92 Å². The number of Topliss-reactive ketones (excluding diaryl/α,β-unsaturated/α-hetero) is 1. The number of hydrogen-bond donors (Lipinski definition) is 0. The summed E-state index contributed by atoms with van der Waals surface area (Å²) in [5.74, 6) is 0.862. The van der Waals surface area contributed by atoms with Gasteiger partial charge in [-0.05, 0) is 37.1 Å². The maximum Gasteiger partial charge on any atom is 0.336 e. The standard InChI is InChI=1S/C21H24BrNO3S/c1-3-27-12-11-26-21(25)18-13(2)23-16-9-6-10-17(24)20(16)19(18)14-7-4-5-8-15(14)22/h4-5,7-8,19-20H,3,6,9-12H2,1-2H3. The van der Waals surface area contributed by atoms with Crippen molar-refractivity contribution in [3.63, 3.8) is 0 Å². The number of thioether (sulfide) groups is 1. The van der Waals surface area contributed by atoms with E-state index in [1.807, 2.05) is 31.2 Å². The summed E-state index contributed by atoms with van der Waals surface area (Å²) in [5.41, 5.74) is 3.04. The van der Waals surface area contributed by atoms with Gasteiger partial charge in [0.2, 0.25) is 0 Å². The molecule has 1 saturated carbocycles. The lowest BCUT2D eigenvalue weighted by Crippen LogP contribution is -2.39. The second-order valence-corrected chi connectivity index (χ2v) is 8.98. The van der Waals surface area contributed by atoms with Gasteiger partial charge in [-0.15, -0.1) is 0 Å². The number of nitrogens with zero attached hydrogens (tertiary/aromatic N) is 1. The molecule has 0 radical (unpaired) electrons. The SMILES string of the molecule is CCSCCOC(=O)C1=C(C)N=C2CCCC(=O)C2C1c1ccccc1Br. The van der Waals surface area contributed by atoms with E-state index in [4.69, 9.17) is 4.74 Å². The van der Waals surface area contributed by atoms with Gasteiger partial charge in [0, 0.05) is 34.0 Å². The number of carbonyl (C=O) groups is 2. The molecular formula is C21H24BrNO3S. The van der Waals surface area contributed by atoms with Crippen molar-refractivity contribution in [2.24, 2.45) is 10.9 Å². The predicted molar refractivity (Wildman–Crippen MR) is 113 cm³/mol. The molecule has 2 unspecified atom stereocenters. The fourth-order valence-corrected chi connectivity index (χ4v) is 4.89. The molecule has 0 N–H and O–H groups in total. The Morgan fingerprint density at radius 1 is 1.30 bits per heavy atom. The normalized spacial score (nSPS) is 22.3. The molecule has 2 atom stereocenters. The van der Waals surface area contributed by atoms with Gasteiger partial charge < -0.3 is 4.74 Å². The molecule has 1 aliphatic heterocycles. The molecule has 1 fully saturated rings. The van der Waals surface area contributed by atoms with Crippen LogP contribution in [-0.4, -0.2) is 35.6 Å². The first-order valence-electron chi connectivity index (χ1n) is 9.34. The Morgan fingerprint density at radius 3 is 2.81 bits per heavy atom. The lowest BCUT2D eigenvalue weighted by Gasteiger charge is -2.36. The van der Waals surface area contributed by atoms with Crippen LogP contribution < -0.4 is 0 Å².